The van der Waals surface area contributed by atoms with Crippen LogP contribution in [0, 0.1) is 11.2 Å². The first kappa shape index (κ1) is 38.8. The van der Waals surface area contributed by atoms with Crippen LogP contribution in [0.25, 0.3) is 0 Å². The highest BCUT2D eigenvalue weighted by atomic mass is 32.2. The molecule has 292 valence electrons. The van der Waals surface area contributed by atoms with E-state index in [4.69, 9.17) is 4.74 Å². The van der Waals surface area contributed by atoms with Crippen molar-refractivity contribution >= 4 is 39.5 Å². The Bertz CT molecular complexity index is 2000. The van der Waals surface area contributed by atoms with Gasteiger partial charge in [-0.3, -0.25) is 24.0 Å². The van der Waals surface area contributed by atoms with Gasteiger partial charge in [-0.05, 0) is 54.5 Å². The molecule has 4 atom stereocenters. The molecule has 0 unspecified atom stereocenters. The lowest BCUT2D eigenvalue weighted by Gasteiger charge is -2.36. The normalized spacial score (nSPS) is 23.7. The summed E-state index contributed by atoms with van der Waals surface area (Å²) < 4.78 is 90.5. The van der Waals surface area contributed by atoms with Crippen LogP contribution in [-0.4, -0.2) is 83.9 Å². The zero-order chi connectivity index (χ0) is 39.4. The van der Waals surface area contributed by atoms with Crippen LogP contribution in [0.4, 0.5) is 28.0 Å². The molecule has 18 heteroatoms. The van der Waals surface area contributed by atoms with Crippen molar-refractivity contribution in [3.63, 3.8) is 0 Å². The quantitative estimate of drug-likeness (QED) is 0.233. The number of likely N-dealkylation sites (tertiary alicyclic amines) is 1. The minimum absolute atomic E-state index is 0.0227. The third-order valence-electron chi connectivity index (χ3n) is 9.94. The summed E-state index contributed by atoms with van der Waals surface area (Å²) >= 11 is 0. The lowest BCUT2D eigenvalue weighted by molar-refractivity contribution is -0.274. The number of alkyl halides is 3. The van der Waals surface area contributed by atoms with Crippen molar-refractivity contribution in [3.05, 3.63) is 71.1 Å². The maximum atomic E-state index is 14.5. The van der Waals surface area contributed by atoms with Crippen molar-refractivity contribution in [2.24, 2.45) is 5.41 Å². The number of halogens is 4. The van der Waals surface area contributed by atoms with Crippen molar-refractivity contribution in [3.8, 4) is 5.75 Å². The van der Waals surface area contributed by atoms with E-state index in [1.807, 2.05) is 0 Å². The number of anilines is 1. The highest BCUT2D eigenvalue weighted by molar-refractivity contribution is 7.91. The Morgan fingerprint density at radius 3 is 2.35 bits per heavy atom. The van der Waals surface area contributed by atoms with Gasteiger partial charge in [-0.1, -0.05) is 45.0 Å². The molecule has 1 saturated heterocycles. The Balaban J connectivity index is 1.25. The van der Waals surface area contributed by atoms with E-state index in [-0.39, 0.29) is 38.2 Å². The average Bonchev–Trinajstić information content (AvgIpc) is 3.96. The Morgan fingerprint density at radius 1 is 1.04 bits per heavy atom. The third-order valence-corrected chi connectivity index (χ3v) is 11.8. The van der Waals surface area contributed by atoms with Gasteiger partial charge in [-0.2, -0.15) is 0 Å². The molecule has 0 radical (unpaired) electrons. The van der Waals surface area contributed by atoms with E-state index < -0.39 is 86.2 Å². The van der Waals surface area contributed by atoms with E-state index in [0.29, 0.717) is 29.5 Å². The van der Waals surface area contributed by atoms with Gasteiger partial charge in [0.25, 0.3) is 5.91 Å². The largest absolute Gasteiger partial charge is 0.573 e. The molecule has 2 aromatic carbocycles. The molecule has 6 rings (SSSR count). The van der Waals surface area contributed by atoms with E-state index in [0.717, 1.165) is 12.1 Å². The number of nitrogens with one attached hydrogen (secondary N) is 3. The molecule has 3 fully saturated rings. The van der Waals surface area contributed by atoms with E-state index in [2.05, 4.69) is 20.1 Å². The summed E-state index contributed by atoms with van der Waals surface area (Å²) in [4.78, 5) is 57.9. The van der Waals surface area contributed by atoms with E-state index in [1.165, 1.54) is 34.1 Å². The molecule has 0 spiro atoms. The van der Waals surface area contributed by atoms with Crippen LogP contribution < -0.4 is 20.1 Å². The Morgan fingerprint density at radius 2 is 1.74 bits per heavy atom. The lowest BCUT2D eigenvalue weighted by atomic mass is 9.85. The van der Waals surface area contributed by atoms with Crippen LogP contribution >= 0.6 is 0 Å². The second-order valence-electron chi connectivity index (χ2n) is 15.1. The molecule has 0 bridgehead atoms. The maximum absolute atomic E-state index is 14.5. The number of sulfonamides is 1. The van der Waals surface area contributed by atoms with Crippen LogP contribution in [0.1, 0.15) is 64.5 Å². The zero-order valence-corrected chi connectivity index (χ0v) is 30.8. The minimum atomic E-state index is -4.96. The number of rotatable bonds is 10. The predicted molar refractivity (Wildman–Crippen MR) is 185 cm³/mol. The van der Waals surface area contributed by atoms with Gasteiger partial charge in [0.2, 0.25) is 21.8 Å². The van der Waals surface area contributed by atoms with Crippen molar-refractivity contribution < 1.29 is 54.6 Å². The third kappa shape index (κ3) is 8.27. The number of hydrogen-bond donors (Lipinski definition) is 3. The van der Waals surface area contributed by atoms with Crippen molar-refractivity contribution in [2.75, 3.05) is 11.9 Å². The number of hydrogen-bond acceptors (Lipinski definition) is 9. The Hall–Kier alpha value is -4.87. The fourth-order valence-electron chi connectivity index (χ4n) is 6.84. The first-order valence-corrected chi connectivity index (χ1v) is 18.9. The second-order valence-corrected chi connectivity index (χ2v) is 17.0. The smallest absolute Gasteiger partial charge is 0.444 e. The molecular weight excluding hydrogens is 738 g/mol. The number of benzene rings is 2. The fourth-order valence-corrected chi connectivity index (χ4v) is 8.19. The van der Waals surface area contributed by atoms with Gasteiger partial charge in [-0.15, -0.1) is 13.2 Å². The van der Waals surface area contributed by atoms with Gasteiger partial charge >= 0.3 is 12.5 Å². The molecule has 4 amide bonds. The summed E-state index contributed by atoms with van der Waals surface area (Å²) in [5.41, 5.74) is -1.09. The minimum Gasteiger partial charge on any atom is -0.444 e. The number of allylic oxidation sites excluding steroid dienone is 1. The van der Waals surface area contributed by atoms with Gasteiger partial charge in [0.1, 0.15) is 35.3 Å². The van der Waals surface area contributed by atoms with Crippen molar-refractivity contribution in [2.45, 2.75) is 102 Å². The molecular formula is C36H41F4N5O8S. The summed E-state index contributed by atoms with van der Waals surface area (Å²) in [5, 5.41) is 4.93. The first-order valence-electron chi connectivity index (χ1n) is 17.4. The van der Waals surface area contributed by atoms with Crippen LogP contribution in [0.5, 0.6) is 5.75 Å². The molecule has 54 heavy (non-hydrogen) atoms. The predicted octanol–water partition coefficient (Wildman–Crippen LogP) is 4.49. The number of fused-ring (bicyclic) bond motifs is 1. The Kier molecular flexibility index (Phi) is 10.1. The topological polar surface area (TPSA) is 163 Å². The van der Waals surface area contributed by atoms with Crippen LogP contribution in [-0.2, 0) is 42.2 Å². The summed E-state index contributed by atoms with van der Waals surface area (Å²) in [6.07, 6.45) is -4.62. The number of carbonyl (C=O) groups excluding carboxylic acids is 4. The molecule has 0 aromatic heterocycles. The van der Waals surface area contributed by atoms with Gasteiger partial charge < -0.3 is 25.0 Å². The van der Waals surface area contributed by atoms with Gasteiger partial charge in [-0.25, -0.2) is 17.6 Å². The molecule has 3 N–H and O–H groups in total. The molecule has 2 aliphatic heterocycles. The number of carbonyl (C=O) groups is 4. The second kappa shape index (κ2) is 14.1. The Labute approximate surface area is 309 Å². The van der Waals surface area contributed by atoms with E-state index >= 15 is 0 Å². The zero-order valence-electron chi connectivity index (χ0n) is 30.0. The summed E-state index contributed by atoms with van der Waals surface area (Å²) in [6, 6.07) is 6.91. The monoisotopic (exact) mass is 779 g/mol. The lowest BCUT2D eigenvalue weighted by Crippen LogP contribution is -2.58. The van der Waals surface area contributed by atoms with Crippen LogP contribution in [0.2, 0.25) is 0 Å². The van der Waals surface area contributed by atoms with Crippen molar-refractivity contribution in [1.82, 2.24) is 19.8 Å². The summed E-state index contributed by atoms with van der Waals surface area (Å²) in [5.74, 6) is -3.43. The van der Waals surface area contributed by atoms with Gasteiger partial charge in [0, 0.05) is 36.7 Å². The molecule has 4 aliphatic rings. The molecule has 2 saturated carbocycles. The van der Waals surface area contributed by atoms with Gasteiger partial charge in [0.05, 0.1) is 18.3 Å². The van der Waals surface area contributed by atoms with Crippen LogP contribution in [0.15, 0.2) is 54.1 Å². The SMILES string of the molecule is C/C=C1/C[C@]1(NC(=O)[C@@H]1C[C@@H](OC(=O)N2Cc3cccc(F)c3C2)CN1C(=O)[C@@H](Nc1cccc(OC(F)(F)F)c1)C(C)(C)C)C(=O)NS(=O)(=O)C1CC1. The molecule has 2 aliphatic carbocycles. The molecule has 13 nitrogen and oxygen atoms in total. The summed E-state index contributed by atoms with van der Waals surface area (Å²) in [6.45, 7) is 6.47. The maximum Gasteiger partial charge on any atom is 0.573 e. The standard InChI is InChI=1S/C36H41F4N5O8S/c1-5-21-16-35(21,32(48)43-54(50,51)25-12-13-25)42-30(46)28-15-24(52-33(49)44-17-20-8-6-11-27(37)26(20)19-44)18-45(28)31(47)29(34(2,3)4)41-22-9-7-10-23(14-22)53-36(38,39)40/h5-11,14,24-25,28-29,41H,12-13,15-19H2,1-4H3,(H,42,46)(H,43,48)/b21-5-/t24-,28+,29-,35-/m1/s1. The highest BCUT2D eigenvalue weighted by Crippen LogP contribution is 2.44. The highest BCUT2D eigenvalue weighted by Gasteiger charge is 2.59. The van der Waals surface area contributed by atoms with Crippen LogP contribution in [0.3, 0.4) is 0 Å². The number of ether oxygens (including phenoxy) is 2. The average molecular weight is 780 g/mol. The van der Waals surface area contributed by atoms with E-state index in [9.17, 15) is 45.2 Å². The molecule has 2 heterocycles. The summed E-state index contributed by atoms with van der Waals surface area (Å²) in [7, 11) is -3.97. The fraction of sp³-hybridized carbons (Fsp3) is 0.500. The van der Waals surface area contributed by atoms with Crippen molar-refractivity contribution in [1.29, 1.82) is 0 Å². The molecule has 2 aromatic rings. The number of nitrogens with zero attached hydrogens (tertiary/aromatic N) is 2. The van der Waals surface area contributed by atoms with E-state index in [1.54, 1.807) is 39.8 Å². The first-order chi connectivity index (χ1) is 25.2. The van der Waals surface area contributed by atoms with Gasteiger partial charge in [0.15, 0.2) is 0 Å². The number of amides is 4.